The molecule has 0 aliphatic heterocycles. The van der Waals surface area contributed by atoms with Crippen LogP contribution in [0.4, 0.5) is 5.95 Å². The van der Waals surface area contributed by atoms with Crippen LogP contribution >= 0.6 is 0 Å². The van der Waals surface area contributed by atoms with Crippen LogP contribution in [0.3, 0.4) is 0 Å². The minimum Gasteiger partial charge on any atom is -0.349 e. The number of nitrogens with one attached hydrogen (secondary N) is 1. The van der Waals surface area contributed by atoms with Gasteiger partial charge in [-0.05, 0) is 33.9 Å². The summed E-state index contributed by atoms with van der Waals surface area (Å²) >= 11 is 0. The predicted molar refractivity (Wildman–Crippen MR) is 70.1 cm³/mol. The van der Waals surface area contributed by atoms with Crippen LogP contribution in [0.1, 0.15) is 25.2 Å². The highest BCUT2D eigenvalue weighted by molar-refractivity contribution is 5.26. The van der Waals surface area contributed by atoms with Crippen molar-refractivity contribution in [3.05, 3.63) is 11.4 Å². The van der Waals surface area contributed by atoms with E-state index in [1.165, 1.54) is 0 Å². The summed E-state index contributed by atoms with van der Waals surface area (Å²) in [6.07, 6.45) is 0. The minimum atomic E-state index is 0.328. The Bertz CT molecular complexity index is 362. The average Bonchev–Trinajstić information content (AvgIpc) is 2.21. The van der Waals surface area contributed by atoms with Gasteiger partial charge >= 0.3 is 0 Å². The normalized spacial score (nSPS) is 13.2. The van der Waals surface area contributed by atoms with Crippen LogP contribution in [0.25, 0.3) is 0 Å². The van der Waals surface area contributed by atoms with Gasteiger partial charge in [0.05, 0.1) is 11.4 Å². The smallest absolute Gasteiger partial charge is 0.243 e. The zero-order valence-electron chi connectivity index (χ0n) is 11.7. The largest absolute Gasteiger partial charge is 0.349 e. The van der Waals surface area contributed by atoms with E-state index in [0.29, 0.717) is 17.9 Å². The maximum atomic E-state index is 4.40. The maximum absolute atomic E-state index is 4.40. The Labute approximate surface area is 104 Å². The average molecular weight is 237 g/mol. The molecule has 0 amide bonds. The topological polar surface area (TPSA) is 53.9 Å². The lowest BCUT2D eigenvalue weighted by atomic mass is 10.0. The molecule has 1 aromatic heterocycles. The zero-order chi connectivity index (χ0) is 13.0. The van der Waals surface area contributed by atoms with Gasteiger partial charge in [0.25, 0.3) is 0 Å². The molecule has 0 saturated carbocycles. The second-order valence-corrected chi connectivity index (χ2v) is 5.06. The van der Waals surface area contributed by atoms with Crippen molar-refractivity contribution >= 4 is 5.95 Å². The lowest BCUT2D eigenvalue weighted by Gasteiger charge is -2.25. The molecule has 0 spiro atoms. The van der Waals surface area contributed by atoms with Crippen LogP contribution in [0.2, 0.25) is 0 Å². The number of aromatic nitrogens is 3. The fourth-order valence-corrected chi connectivity index (χ4v) is 1.50. The highest BCUT2D eigenvalue weighted by Gasteiger charge is 2.15. The standard InChI is InChI=1S/C12H23N5/c1-8(2)11(7-17(5)6)14-12-13-9(3)10(4)15-16-12/h8,11H,7H2,1-6H3,(H,13,14,16). The lowest BCUT2D eigenvalue weighted by molar-refractivity contribution is 0.343. The van der Waals surface area contributed by atoms with Crippen LogP contribution in [0, 0.1) is 19.8 Å². The van der Waals surface area contributed by atoms with Crippen molar-refractivity contribution in [2.24, 2.45) is 5.92 Å². The van der Waals surface area contributed by atoms with Crippen LogP contribution < -0.4 is 5.32 Å². The highest BCUT2D eigenvalue weighted by Crippen LogP contribution is 2.10. The first-order valence-electron chi connectivity index (χ1n) is 5.99. The molecule has 1 rings (SSSR count). The van der Waals surface area contributed by atoms with E-state index < -0.39 is 0 Å². The molecule has 0 radical (unpaired) electrons. The van der Waals surface area contributed by atoms with Gasteiger partial charge in [0.1, 0.15) is 0 Å². The lowest BCUT2D eigenvalue weighted by Crippen LogP contribution is -2.37. The van der Waals surface area contributed by atoms with Crippen molar-refractivity contribution in [3.63, 3.8) is 0 Å². The van der Waals surface area contributed by atoms with Gasteiger partial charge in [-0.25, -0.2) is 4.98 Å². The first-order valence-corrected chi connectivity index (χ1v) is 5.99. The third-order valence-corrected chi connectivity index (χ3v) is 2.77. The minimum absolute atomic E-state index is 0.328. The van der Waals surface area contributed by atoms with E-state index in [0.717, 1.165) is 17.9 Å². The van der Waals surface area contributed by atoms with E-state index in [4.69, 9.17) is 0 Å². The number of anilines is 1. The van der Waals surface area contributed by atoms with Gasteiger partial charge in [0.2, 0.25) is 5.95 Å². The van der Waals surface area contributed by atoms with Crippen LogP contribution in [0.5, 0.6) is 0 Å². The number of nitrogens with zero attached hydrogens (tertiary/aromatic N) is 4. The Kier molecular flexibility index (Phi) is 4.81. The molecule has 0 aliphatic rings. The molecule has 0 saturated heterocycles. The Morgan fingerprint density at radius 2 is 1.76 bits per heavy atom. The van der Waals surface area contributed by atoms with Gasteiger partial charge in [0, 0.05) is 12.6 Å². The zero-order valence-corrected chi connectivity index (χ0v) is 11.7. The molecule has 17 heavy (non-hydrogen) atoms. The molecule has 5 nitrogen and oxygen atoms in total. The monoisotopic (exact) mass is 237 g/mol. The summed E-state index contributed by atoms with van der Waals surface area (Å²) in [5.41, 5.74) is 1.80. The molecule has 5 heteroatoms. The van der Waals surface area contributed by atoms with Crippen molar-refractivity contribution < 1.29 is 0 Å². The fourth-order valence-electron chi connectivity index (χ4n) is 1.50. The fraction of sp³-hybridized carbons (Fsp3) is 0.750. The molecule has 1 unspecified atom stereocenters. The number of hydrogen-bond acceptors (Lipinski definition) is 5. The summed E-state index contributed by atoms with van der Waals surface area (Å²) in [4.78, 5) is 6.56. The predicted octanol–water partition coefficient (Wildman–Crippen LogP) is 1.49. The maximum Gasteiger partial charge on any atom is 0.243 e. The molecular formula is C12H23N5. The summed E-state index contributed by atoms with van der Waals surface area (Å²) < 4.78 is 0. The van der Waals surface area contributed by atoms with Gasteiger partial charge in [-0.3, -0.25) is 0 Å². The van der Waals surface area contributed by atoms with Crippen LogP contribution in [-0.4, -0.2) is 46.8 Å². The summed E-state index contributed by atoms with van der Waals surface area (Å²) in [7, 11) is 4.13. The van der Waals surface area contributed by atoms with Crippen molar-refractivity contribution in [1.82, 2.24) is 20.1 Å². The Morgan fingerprint density at radius 3 is 2.24 bits per heavy atom. The summed E-state index contributed by atoms with van der Waals surface area (Å²) in [5, 5.41) is 11.5. The van der Waals surface area contributed by atoms with E-state index in [1.54, 1.807) is 0 Å². The molecule has 1 atom stereocenters. The summed E-state index contributed by atoms with van der Waals surface area (Å²) in [6, 6.07) is 0.328. The van der Waals surface area contributed by atoms with Gasteiger partial charge in [0.15, 0.2) is 0 Å². The van der Waals surface area contributed by atoms with Crippen LogP contribution in [0.15, 0.2) is 0 Å². The van der Waals surface area contributed by atoms with E-state index in [2.05, 4.69) is 53.3 Å². The first kappa shape index (κ1) is 13.8. The molecule has 1 N–H and O–H groups in total. The van der Waals surface area contributed by atoms with E-state index in [1.807, 2.05) is 13.8 Å². The van der Waals surface area contributed by atoms with Gasteiger partial charge in [-0.1, -0.05) is 13.8 Å². The van der Waals surface area contributed by atoms with Crippen molar-refractivity contribution in [2.45, 2.75) is 33.7 Å². The quantitative estimate of drug-likeness (QED) is 0.841. The van der Waals surface area contributed by atoms with E-state index in [-0.39, 0.29) is 0 Å². The second-order valence-electron chi connectivity index (χ2n) is 5.06. The number of rotatable bonds is 5. The molecule has 1 heterocycles. The van der Waals surface area contributed by atoms with E-state index in [9.17, 15) is 0 Å². The molecular weight excluding hydrogens is 214 g/mol. The Morgan fingerprint density at radius 1 is 1.12 bits per heavy atom. The molecule has 0 fully saturated rings. The third-order valence-electron chi connectivity index (χ3n) is 2.77. The van der Waals surface area contributed by atoms with Gasteiger partial charge < -0.3 is 10.2 Å². The summed E-state index contributed by atoms with van der Waals surface area (Å²) in [6.45, 7) is 9.20. The first-order chi connectivity index (χ1) is 7.90. The molecule has 0 aromatic carbocycles. The molecule has 0 aliphatic carbocycles. The number of likely N-dealkylation sites (N-methyl/N-ethyl adjacent to an activating group) is 1. The summed E-state index contributed by atoms with van der Waals surface area (Å²) in [5.74, 6) is 1.14. The SMILES string of the molecule is Cc1nnc(NC(CN(C)C)C(C)C)nc1C. The van der Waals surface area contributed by atoms with Gasteiger partial charge in [-0.2, -0.15) is 5.10 Å². The molecule has 96 valence electrons. The number of hydrogen-bond donors (Lipinski definition) is 1. The molecule has 1 aromatic rings. The van der Waals surface area contributed by atoms with Crippen LogP contribution in [-0.2, 0) is 0 Å². The van der Waals surface area contributed by atoms with Crippen molar-refractivity contribution in [3.8, 4) is 0 Å². The Balaban J connectivity index is 2.75. The Hall–Kier alpha value is -1.23. The second kappa shape index (κ2) is 5.91. The van der Waals surface area contributed by atoms with Crippen molar-refractivity contribution in [2.75, 3.05) is 26.0 Å². The molecule has 0 bridgehead atoms. The van der Waals surface area contributed by atoms with Crippen molar-refractivity contribution in [1.29, 1.82) is 0 Å². The van der Waals surface area contributed by atoms with Gasteiger partial charge in [-0.15, -0.1) is 5.10 Å². The van der Waals surface area contributed by atoms with E-state index >= 15 is 0 Å². The number of aryl methyl sites for hydroxylation is 2. The third kappa shape index (κ3) is 4.26. The highest BCUT2D eigenvalue weighted by atomic mass is 15.3.